The van der Waals surface area contributed by atoms with Crippen LogP contribution in [-0.2, 0) is 6.61 Å². The normalized spacial score (nSPS) is 10.8. The number of benzene rings is 1. The first-order valence-corrected chi connectivity index (χ1v) is 6.24. The summed E-state index contributed by atoms with van der Waals surface area (Å²) in [4.78, 5) is 14.3. The molecule has 7 nitrogen and oxygen atoms in total. The number of nitro benzene ring substituents is 1. The molecular weight excluding hydrogens is 286 g/mol. The molecule has 2 rings (SSSR count). The van der Waals surface area contributed by atoms with Gasteiger partial charge in [-0.2, -0.15) is 4.98 Å². The number of hydrogen-bond acceptors (Lipinski definition) is 6. The molecule has 1 heterocycles. The van der Waals surface area contributed by atoms with Crippen molar-refractivity contribution in [3.63, 3.8) is 0 Å². The molecule has 0 radical (unpaired) electrons. The first-order chi connectivity index (χ1) is 9.47. The molecule has 8 heteroatoms. The Kier molecular flexibility index (Phi) is 4.19. The number of ether oxygens (including phenoxy) is 1. The van der Waals surface area contributed by atoms with E-state index in [4.69, 9.17) is 20.9 Å². The average molecular weight is 298 g/mol. The molecule has 0 N–H and O–H groups in total. The van der Waals surface area contributed by atoms with Gasteiger partial charge >= 0.3 is 0 Å². The zero-order chi connectivity index (χ0) is 14.7. The van der Waals surface area contributed by atoms with Crippen LogP contribution < -0.4 is 4.74 Å². The number of non-ortho nitro benzene ring substituents is 1. The lowest BCUT2D eigenvalue weighted by Gasteiger charge is -2.04. The van der Waals surface area contributed by atoms with Crippen LogP contribution in [0.2, 0.25) is 5.02 Å². The molecule has 2 aromatic rings. The zero-order valence-corrected chi connectivity index (χ0v) is 11.6. The summed E-state index contributed by atoms with van der Waals surface area (Å²) >= 11 is 5.91. The molecule has 0 atom stereocenters. The van der Waals surface area contributed by atoms with E-state index >= 15 is 0 Å². The standard InChI is InChI=1S/C12H12ClN3O4/c1-7(2)12-14-11(20-15-12)6-19-10-5-8(16(17)18)3-4-9(10)13/h3-5,7H,6H2,1-2H3. The summed E-state index contributed by atoms with van der Waals surface area (Å²) in [5.74, 6) is 1.21. The topological polar surface area (TPSA) is 91.3 Å². The number of hydrogen-bond donors (Lipinski definition) is 0. The summed E-state index contributed by atoms with van der Waals surface area (Å²) in [6.07, 6.45) is 0. The summed E-state index contributed by atoms with van der Waals surface area (Å²) in [6.45, 7) is 3.88. The van der Waals surface area contributed by atoms with Crippen LogP contribution >= 0.6 is 11.6 Å². The Labute approximate surface area is 119 Å². The maximum atomic E-state index is 10.7. The van der Waals surface area contributed by atoms with Gasteiger partial charge in [-0.3, -0.25) is 10.1 Å². The van der Waals surface area contributed by atoms with Crippen molar-refractivity contribution in [3.05, 3.63) is 45.1 Å². The van der Waals surface area contributed by atoms with Crippen molar-refractivity contribution in [3.8, 4) is 5.75 Å². The minimum Gasteiger partial charge on any atom is -0.482 e. The summed E-state index contributed by atoms with van der Waals surface area (Å²) in [7, 11) is 0. The van der Waals surface area contributed by atoms with Gasteiger partial charge in [-0.15, -0.1) is 0 Å². The van der Waals surface area contributed by atoms with E-state index in [-0.39, 0.29) is 34.9 Å². The molecule has 106 valence electrons. The summed E-state index contributed by atoms with van der Waals surface area (Å²) in [5.41, 5.74) is -0.0993. The van der Waals surface area contributed by atoms with Gasteiger partial charge in [-0.05, 0) is 6.07 Å². The number of halogens is 1. The highest BCUT2D eigenvalue weighted by atomic mass is 35.5. The number of aromatic nitrogens is 2. The van der Waals surface area contributed by atoms with E-state index in [2.05, 4.69) is 10.1 Å². The van der Waals surface area contributed by atoms with Crippen molar-refractivity contribution in [2.45, 2.75) is 26.4 Å². The van der Waals surface area contributed by atoms with E-state index in [1.165, 1.54) is 18.2 Å². The van der Waals surface area contributed by atoms with E-state index in [0.717, 1.165) is 0 Å². The third-order valence-corrected chi connectivity index (χ3v) is 2.79. The molecule has 0 bridgehead atoms. The van der Waals surface area contributed by atoms with Crippen LogP contribution in [0.25, 0.3) is 0 Å². The Morgan fingerprint density at radius 2 is 2.25 bits per heavy atom. The number of nitrogens with zero attached hydrogens (tertiary/aromatic N) is 3. The molecule has 0 amide bonds. The van der Waals surface area contributed by atoms with Gasteiger partial charge in [0.05, 0.1) is 16.0 Å². The highest BCUT2D eigenvalue weighted by Gasteiger charge is 2.13. The molecule has 0 fully saturated rings. The largest absolute Gasteiger partial charge is 0.482 e. The SMILES string of the molecule is CC(C)c1noc(COc2cc([N+](=O)[O-])ccc2Cl)n1. The molecule has 0 aliphatic carbocycles. The smallest absolute Gasteiger partial charge is 0.273 e. The van der Waals surface area contributed by atoms with Gasteiger partial charge < -0.3 is 9.26 Å². The third kappa shape index (κ3) is 3.24. The fourth-order valence-corrected chi connectivity index (χ4v) is 1.59. The Bertz CT molecular complexity index is 627. The van der Waals surface area contributed by atoms with Crippen LogP contribution in [-0.4, -0.2) is 15.1 Å². The molecule has 0 unspecified atom stereocenters. The highest BCUT2D eigenvalue weighted by Crippen LogP contribution is 2.29. The van der Waals surface area contributed by atoms with Gasteiger partial charge in [-0.25, -0.2) is 0 Å². The quantitative estimate of drug-likeness (QED) is 0.621. The molecule has 1 aromatic heterocycles. The van der Waals surface area contributed by atoms with Crippen LogP contribution in [0.1, 0.15) is 31.5 Å². The molecule has 1 aromatic carbocycles. The maximum absolute atomic E-state index is 10.7. The first kappa shape index (κ1) is 14.3. The van der Waals surface area contributed by atoms with E-state index in [9.17, 15) is 10.1 Å². The average Bonchev–Trinajstić information content (AvgIpc) is 2.86. The fourth-order valence-electron chi connectivity index (χ4n) is 1.42. The van der Waals surface area contributed by atoms with Crippen molar-refractivity contribution >= 4 is 17.3 Å². The highest BCUT2D eigenvalue weighted by molar-refractivity contribution is 6.32. The van der Waals surface area contributed by atoms with Gasteiger partial charge in [0, 0.05) is 12.0 Å². The van der Waals surface area contributed by atoms with Gasteiger partial charge in [-0.1, -0.05) is 30.6 Å². The van der Waals surface area contributed by atoms with Gasteiger partial charge in [0.2, 0.25) is 0 Å². The minimum absolute atomic E-state index is 0.000603. The van der Waals surface area contributed by atoms with E-state index < -0.39 is 4.92 Å². The van der Waals surface area contributed by atoms with Crippen LogP contribution in [0.15, 0.2) is 22.7 Å². The lowest BCUT2D eigenvalue weighted by atomic mass is 10.2. The molecule has 0 aliphatic heterocycles. The predicted octanol–water partition coefficient (Wildman–Crippen LogP) is 3.33. The Morgan fingerprint density at radius 3 is 2.85 bits per heavy atom. The van der Waals surface area contributed by atoms with E-state index in [1.807, 2.05) is 13.8 Å². The second kappa shape index (κ2) is 5.87. The van der Waals surface area contributed by atoms with E-state index in [1.54, 1.807) is 0 Å². The summed E-state index contributed by atoms with van der Waals surface area (Å²) in [6, 6.07) is 3.96. The number of nitro groups is 1. The molecular formula is C12H12ClN3O4. The van der Waals surface area contributed by atoms with Crippen LogP contribution in [0.4, 0.5) is 5.69 Å². The molecule has 0 saturated heterocycles. The van der Waals surface area contributed by atoms with Crippen molar-refractivity contribution in [1.82, 2.24) is 10.1 Å². The Balaban J connectivity index is 2.09. The molecule has 0 spiro atoms. The third-order valence-electron chi connectivity index (χ3n) is 2.48. The van der Waals surface area contributed by atoms with Gasteiger partial charge in [0.1, 0.15) is 5.75 Å². The van der Waals surface area contributed by atoms with Crippen molar-refractivity contribution in [1.29, 1.82) is 0 Å². The van der Waals surface area contributed by atoms with Crippen LogP contribution in [0.5, 0.6) is 5.75 Å². The Hall–Kier alpha value is -2.15. The zero-order valence-electron chi connectivity index (χ0n) is 10.9. The van der Waals surface area contributed by atoms with Crippen LogP contribution in [0.3, 0.4) is 0 Å². The summed E-state index contributed by atoms with van der Waals surface area (Å²) in [5, 5.41) is 14.7. The lowest BCUT2D eigenvalue weighted by molar-refractivity contribution is -0.384. The van der Waals surface area contributed by atoms with Crippen molar-refractivity contribution in [2.24, 2.45) is 0 Å². The molecule has 0 saturated carbocycles. The minimum atomic E-state index is -0.521. The molecule has 20 heavy (non-hydrogen) atoms. The Morgan fingerprint density at radius 1 is 1.50 bits per heavy atom. The van der Waals surface area contributed by atoms with E-state index in [0.29, 0.717) is 5.82 Å². The number of rotatable bonds is 5. The monoisotopic (exact) mass is 297 g/mol. The van der Waals surface area contributed by atoms with Gasteiger partial charge in [0.25, 0.3) is 11.6 Å². The fraction of sp³-hybridized carbons (Fsp3) is 0.333. The molecule has 0 aliphatic rings. The van der Waals surface area contributed by atoms with Gasteiger partial charge in [0.15, 0.2) is 12.4 Å². The lowest BCUT2D eigenvalue weighted by Crippen LogP contribution is -1.98. The predicted molar refractivity (Wildman–Crippen MR) is 70.8 cm³/mol. The maximum Gasteiger partial charge on any atom is 0.273 e. The second-order valence-electron chi connectivity index (χ2n) is 4.36. The second-order valence-corrected chi connectivity index (χ2v) is 4.77. The first-order valence-electron chi connectivity index (χ1n) is 5.86. The van der Waals surface area contributed by atoms with Crippen molar-refractivity contribution in [2.75, 3.05) is 0 Å². The van der Waals surface area contributed by atoms with Crippen LogP contribution in [0, 0.1) is 10.1 Å². The van der Waals surface area contributed by atoms with Crippen molar-refractivity contribution < 1.29 is 14.2 Å². The summed E-state index contributed by atoms with van der Waals surface area (Å²) < 4.78 is 10.4.